The summed E-state index contributed by atoms with van der Waals surface area (Å²) < 4.78 is 37.9. The second kappa shape index (κ2) is 9.95. The molecule has 0 aliphatic carbocycles. The number of aliphatic hydroxyl groups excluding tert-OH is 1. The van der Waals surface area contributed by atoms with Gasteiger partial charge in [-0.2, -0.15) is 13.2 Å². The van der Waals surface area contributed by atoms with Crippen LogP contribution in [0.25, 0.3) is 11.1 Å². The fourth-order valence-corrected chi connectivity index (χ4v) is 3.93. The first-order valence-electron chi connectivity index (χ1n) is 10.3. The summed E-state index contributed by atoms with van der Waals surface area (Å²) in [5.41, 5.74) is 3.07. The van der Waals surface area contributed by atoms with Crippen molar-refractivity contribution in [2.75, 3.05) is 30.3 Å². The normalized spacial score (nSPS) is 17.3. The first-order chi connectivity index (χ1) is 15.0. The van der Waals surface area contributed by atoms with E-state index in [1.165, 1.54) is 4.90 Å². The number of rotatable bonds is 6. The molecule has 0 unspecified atom stereocenters. The van der Waals surface area contributed by atoms with Crippen LogP contribution in [-0.4, -0.2) is 52.9 Å². The van der Waals surface area contributed by atoms with Gasteiger partial charge in [0.25, 0.3) is 0 Å². The van der Waals surface area contributed by atoms with Gasteiger partial charge in [-0.3, -0.25) is 0 Å². The van der Waals surface area contributed by atoms with Gasteiger partial charge in [0.15, 0.2) is 0 Å². The van der Waals surface area contributed by atoms with E-state index >= 15 is 0 Å². The average molecular weight is 471 g/mol. The van der Waals surface area contributed by atoms with Crippen molar-refractivity contribution in [2.24, 2.45) is 5.92 Å². The van der Waals surface area contributed by atoms with Crippen molar-refractivity contribution < 1.29 is 23.1 Å². The topological polar surface area (TPSA) is 77.5 Å². The second-order valence-electron chi connectivity index (χ2n) is 8.17. The Labute approximate surface area is 189 Å². The number of hydrogen-bond acceptors (Lipinski definition) is 4. The van der Waals surface area contributed by atoms with Crippen molar-refractivity contribution in [3.8, 4) is 11.1 Å². The molecule has 2 heterocycles. The minimum Gasteiger partial charge on any atom is -0.392 e. The quantitative estimate of drug-likeness (QED) is 0.500. The van der Waals surface area contributed by atoms with Gasteiger partial charge in [-0.05, 0) is 67.1 Å². The summed E-state index contributed by atoms with van der Waals surface area (Å²) in [7, 11) is 0. The monoisotopic (exact) mass is 470 g/mol. The molecule has 2 atom stereocenters. The van der Waals surface area contributed by atoms with Crippen molar-refractivity contribution >= 4 is 29.1 Å². The van der Waals surface area contributed by atoms with Crippen LogP contribution in [0.2, 0.25) is 5.15 Å². The Hall–Kier alpha value is -2.52. The Kier molecular flexibility index (Phi) is 7.51. The minimum absolute atomic E-state index is 0.0856. The lowest BCUT2D eigenvalue weighted by Gasteiger charge is -2.19. The molecule has 174 valence electrons. The summed E-state index contributed by atoms with van der Waals surface area (Å²) in [6.45, 7) is 4.26. The minimum atomic E-state index is -4.22. The maximum Gasteiger partial charge on any atom is 0.389 e. The molecule has 2 aromatic rings. The number of hydrogen-bond donors (Lipinski definition) is 3. The van der Waals surface area contributed by atoms with E-state index in [9.17, 15) is 23.1 Å². The van der Waals surface area contributed by atoms with Gasteiger partial charge in [0.2, 0.25) is 0 Å². The maximum absolute atomic E-state index is 12.6. The average Bonchev–Trinajstić information content (AvgIpc) is 3.14. The van der Waals surface area contributed by atoms with Crippen LogP contribution in [-0.2, 0) is 0 Å². The Bertz CT molecular complexity index is 969. The highest BCUT2D eigenvalue weighted by molar-refractivity contribution is 6.29. The van der Waals surface area contributed by atoms with Crippen LogP contribution in [0.1, 0.15) is 25.3 Å². The van der Waals surface area contributed by atoms with Crippen LogP contribution in [0.5, 0.6) is 0 Å². The highest BCUT2D eigenvalue weighted by Gasteiger charge is 2.36. The molecule has 1 aliphatic heterocycles. The molecule has 32 heavy (non-hydrogen) atoms. The molecule has 2 amide bonds. The summed E-state index contributed by atoms with van der Waals surface area (Å²) in [6, 6.07) is 8.46. The van der Waals surface area contributed by atoms with Crippen molar-refractivity contribution in [1.82, 2.24) is 9.88 Å². The Balaban J connectivity index is 1.73. The third-order valence-electron chi connectivity index (χ3n) is 5.27. The third-order valence-corrected chi connectivity index (χ3v) is 5.46. The number of aryl methyl sites for hydroxylation is 1. The number of nitrogens with zero attached hydrogens (tertiary/aromatic N) is 2. The zero-order chi connectivity index (χ0) is 23.5. The first kappa shape index (κ1) is 24.1. The third kappa shape index (κ3) is 6.74. The lowest BCUT2D eigenvalue weighted by atomic mass is 10.0. The molecule has 1 aromatic heterocycles. The number of aromatic nitrogens is 1. The lowest BCUT2D eigenvalue weighted by molar-refractivity contribution is -0.143. The highest BCUT2D eigenvalue weighted by atomic mass is 35.5. The highest BCUT2D eigenvalue weighted by Crippen LogP contribution is 2.32. The number of anilines is 2. The first-order valence-corrected chi connectivity index (χ1v) is 10.7. The fourth-order valence-electron chi connectivity index (χ4n) is 3.72. The number of benzene rings is 1. The molecule has 3 N–H and O–H groups in total. The van der Waals surface area contributed by atoms with Crippen LogP contribution in [0, 0.1) is 12.8 Å². The predicted octanol–water partition coefficient (Wildman–Crippen LogP) is 5.31. The van der Waals surface area contributed by atoms with E-state index in [0.29, 0.717) is 31.0 Å². The smallest absolute Gasteiger partial charge is 0.389 e. The molecular formula is C22H26ClF3N4O2. The van der Waals surface area contributed by atoms with E-state index in [1.807, 2.05) is 13.0 Å². The van der Waals surface area contributed by atoms with Gasteiger partial charge in [-0.25, -0.2) is 9.78 Å². The number of halogens is 4. The maximum atomic E-state index is 12.6. The summed E-state index contributed by atoms with van der Waals surface area (Å²) in [5.74, 6) is -0.0594. The molecule has 1 saturated heterocycles. The van der Waals surface area contributed by atoms with Gasteiger partial charge in [0.05, 0.1) is 6.10 Å². The van der Waals surface area contributed by atoms with E-state index < -0.39 is 30.7 Å². The fraction of sp³-hybridized carbons (Fsp3) is 0.455. The van der Waals surface area contributed by atoms with E-state index in [1.54, 1.807) is 31.2 Å². The molecule has 1 aliphatic rings. The summed E-state index contributed by atoms with van der Waals surface area (Å²) in [4.78, 5) is 18.2. The van der Waals surface area contributed by atoms with Gasteiger partial charge in [0.1, 0.15) is 11.0 Å². The molecule has 1 fully saturated rings. The Morgan fingerprint density at radius 3 is 2.78 bits per heavy atom. The number of amides is 2. The molecule has 0 radical (unpaired) electrons. The molecule has 3 rings (SSSR count). The zero-order valence-electron chi connectivity index (χ0n) is 17.8. The number of carbonyl (C=O) groups is 1. The van der Waals surface area contributed by atoms with Crippen molar-refractivity contribution in [1.29, 1.82) is 0 Å². The van der Waals surface area contributed by atoms with E-state index in [4.69, 9.17) is 11.6 Å². The van der Waals surface area contributed by atoms with Gasteiger partial charge in [-0.15, -0.1) is 0 Å². The molecule has 6 nitrogen and oxygen atoms in total. The summed E-state index contributed by atoms with van der Waals surface area (Å²) in [6.07, 6.45) is -5.32. The van der Waals surface area contributed by atoms with Gasteiger partial charge in [-0.1, -0.05) is 17.7 Å². The number of aliphatic hydroxyl groups is 1. The number of carbonyl (C=O) groups excluding carboxylic acids is 1. The molecule has 10 heteroatoms. The lowest BCUT2D eigenvalue weighted by Crippen LogP contribution is -2.33. The number of pyridine rings is 1. The number of urea groups is 1. The van der Waals surface area contributed by atoms with Crippen molar-refractivity contribution in [3.05, 3.63) is 41.0 Å². The SMILES string of the molecule is Cc1ccc(NC(=O)N2CC[C@@H](CC(F)(F)F)C2)cc1-c1cc(Cl)nc(NC[C@@H](C)O)c1. The van der Waals surface area contributed by atoms with E-state index in [0.717, 1.165) is 16.7 Å². The summed E-state index contributed by atoms with van der Waals surface area (Å²) >= 11 is 6.17. The Morgan fingerprint density at radius 2 is 2.09 bits per heavy atom. The Morgan fingerprint density at radius 1 is 1.34 bits per heavy atom. The predicted molar refractivity (Wildman–Crippen MR) is 119 cm³/mol. The van der Waals surface area contributed by atoms with Gasteiger partial charge < -0.3 is 20.6 Å². The van der Waals surface area contributed by atoms with Crippen molar-refractivity contribution in [3.63, 3.8) is 0 Å². The number of alkyl halides is 3. The molecule has 1 aromatic carbocycles. The van der Waals surface area contributed by atoms with E-state index in [2.05, 4.69) is 15.6 Å². The van der Waals surface area contributed by atoms with Gasteiger partial charge in [0, 0.05) is 31.7 Å². The molecule has 0 saturated carbocycles. The van der Waals surface area contributed by atoms with Crippen LogP contribution in [0.4, 0.5) is 29.5 Å². The molecule has 0 spiro atoms. The van der Waals surface area contributed by atoms with Crippen LogP contribution < -0.4 is 10.6 Å². The standard InChI is InChI=1S/C22H26ClF3N4O2/c1-13-3-4-17(28-21(32)30-6-5-15(12-30)10-22(24,25)26)9-18(13)16-7-19(23)29-20(8-16)27-11-14(2)31/h3-4,7-9,14-15,31H,5-6,10-12H2,1-2H3,(H,27,29)(H,28,32)/t14-,15+/m1/s1. The summed E-state index contributed by atoms with van der Waals surface area (Å²) in [5, 5.41) is 15.5. The largest absolute Gasteiger partial charge is 0.392 e. The second-order valence-corrected chi connectivity index (χ2v) is 8.56. The van der Waals surface area contributed by atoms with Crippen LogP contribution >= 0.6 is 11.6 Å². The van der Waals surface area contributed by atoms with Gasteiger partial charge >= 0.3 is 12.2 Å². The van der Waals surface area contributed by atoms with E-state index in [-0.39, 0.29) is 11.7 Å². The molecular weight excluding hydrogens is 445 g/mol. The van der Waals surface area contributed by atoms with Crippen LogP contribution in [0.3, 0.4) is 0 Å². The number of likely N-dealkylation sites (tertiary alicyclic amines) is 1. The van der Waals surface area contributed by atoms with Crippen LogP contribution in [0.15, 0.2) is 30.3 Å². The zero-order valence-corrected chi connectivity index (χ0v) is 18.6. The molecule has 0 bridgehead atoms. The number of nitrogens with one attached hydrogen (secondary N) is 2. The van der Waals surface area contributed by atoms with Crippen molar-refractivity contribution in [2.45, 2.75) is 39.0 Å².